The van der Waals surface area contributed by atoms with Crippen LogP contribution >= 0.6 is 0 Å². The van der Waals surface area contributed by atoms with Gasteiger partial charge in [-0.25, -0.2) is 0 Å². The molecule has 0 aliphatic carbocycles. The SMILES string of the molecule is O=C(CCc1cccnc1)NCCC1CCN(CCCCc2ccc(O)cc2)CC1. The molecule has 1 fully saturated rings. The summed E-state index contributed by atoms with van der Waals surface area (Å²) in [7, 11) is 0. The molecule has 1 aromatic carbocycles. The Kier molecular flexibility index (Phi) is 9.16. The summed E-state index contributed by atoms with van der Waals surface area (Å²) in [6.45, 7) is 4.33. The first-order valence-corrected chi connectivity index (χ1v) is 11.3. The van der Waals surface area contributed by atoms with Crippen molar-refractivity contribution in [2.75, 3.05) is 26.2 Å². The third-order valence-corrected chi connectivity index (χ3v) is 6.07. The molecule has 0 radical (unpaired) electrons. The zero-order chi connectivity index (χ0) is 21.0. The maximum Gasteiger partial charge on any atom is 0.220 e. The fraction of sp³-hybridized carbons (Fsp3) is 0.520. The fourth-order valence-corrected chi connectivity index (χ4v) is 4.13. The first kappa shape index (κ1) is 22.3. The van der Waals surface area contributed by atoms with Crippen LogP contribution in [0.25, 0.3) is 0 Å². The molecule has 0 unspecified atom stereocenters. The molecule has 1 saturated heterocycles. The second-order valence-electron chi connectivity index (χ2n) is 8.41. The minimum absolute atomic E-state index is 0.143. The number of phenols is 1. The number of aromatic nitrogens is 1. The molecule has 2 N–H and O–H groups in total. The standard InChI is InChI=1S/C25H35N3O2/c29-24-9-6-21(7-10-24)4-1-2-17-28-18-13-22(14-19-28)12-16-27-25(30)11-8-23-5-3-15-26-20-23/h3,5-7,9-10,15,20,22,29H,1-2,4,8,11-14,16-19H2,(H,27,30). The number of likely N-dealkylation sites (tertiary alicyclic amines) is 1. The van der Waals surface area contributed by atoms with Crippen molar-refractivity contribution in [3.63, 3.8) is 0 Å². The van der Waals surface area contributed by atoms with E-state index in [4.69, 9.17) is 0 Å². The number of phenolic OH excluding ortho intramolecular Hbond substituents is 1. The predicted molar refractivity (Wildman–Crippen MR) is 120 cm³/mol. The van der Waals surface area contributed by atoms with Crippen LogP contribution in [0.4, 0.5) is 0 Å². The molecule has 0 spiro atoms. The molecule has 0 saturated carbocycles. The van der Waals surface area contributed by atoms with Crippen LogP contribution < -0.4 is 5.32 Å². The van der Waals surface area contributed by atoms with Crippen molar-refractivity contribution in [3.8, 4) is 5.75 Å². The van der Waals surface area contributed by atoms with Gasteiger partial charge < -0.3 is 15.3 Å². The Bertz CT molecular complexity index is 741. The molecule has 1 aliphatic heterocycles. The highest BCUT2D eigenvalue weighted by Crippen LogP contribution is 2.20. The number of carbonyl (C=O) groups excluding carboxylic acids is 1. The molecule has 2 aromatic rings. The van der Waals surface area contributed by atoms with E-state index in [-0.39, 0.29) is 5.91 Å². The Morgan fingerprint density at radius 1 is 1.07 bits per heavy atom. The van der Waals surface area contributed by atoms with Crippen LogP contribution in [0.15, 0.2) is 48.8 Å². The summed E-state index contributed by atoms with van der Waals surface area (Å²) in [6, 6.07) is 11.5. The minimum Gasteiger partial charge on any atom is -0.508 e. The van der Waals surface area contributed by atoms with Crippen LogP contribution in [0.2, 0.25) is 0 Å². The number of aromatic hydroxyl groups is 1. The predicted octanol–water partition coefficient (Wildman–Crippen LogP) is 3.96. The van der Waals surface area contributed by atoms with E-state index in [1.54, 1.807) is 18.3 Å². The van der Waals surface area contributed by atoms with Crippen molar-refractivity contribution >= 4 is 5.91 Å². The van der Waals surface area contributed by atoms with E-state index in [0.29, 0.717) is 12.2 Å². The van der Waals surface area contributed by atoms with Gasteiger partial charge >= 0.3 is 0 Å². The molecule has 0 atom stereocenters. The molecule has 0 bridgehead atoms. The zero-order valence-corrected chi connectivity index (χ0v) is 17.9. The molecular formula is C25H35N3O2. The average molecular weight is 410 g/mol. The molecule has 1 amide bonds. The number of pyridine rings is 1. The second-order valence-corrected chi connectivity index (χ2v) is 8.41. The van der Waals surface area contributed by atoms with Crippen molar-refractivity contribution < 1.29 is 9.90 Å². The number of hydrogen-bond donors (Lipinski definition) is 2. The van der Waals surface area contributed by atoms with Gasteiger partial charge in [0.05, 0.1) is 0 Å². The smallest absolute Gasteiger partial charge is 0.220 e. The maximum atomic E-state index is 12.0. The maximum absolute atomic E-state index is 12.0. The van der Waals surface area contributed by atoms with Gasteiger partial charge in [0.1, 0.15) is 5.75 Å². The number of piperidine rings is 1. The summed E-state index contributed by atoms with van der Waals surface area (Å²) in [5.41, 5.74) is 2.41. The first-order chi connectivity index (χ1) is 14.7. The van der Waals surface area contributed by atoms with Crippen LogP contribution in [0.1, 0.15) is 49.7 Å². The lowest BCUT2D eigenvalue weighted by atomic mass is 9.93. The van der Waals surface area contributed by atoms with Gasteiger partial charge in [0.25, 0.3) is 0 Å². The van der Waals surface area contributed by atoms with E-state index >= 15 is 0 Å². The summed E-state index contributed by atoms with van der Waals surface area (Å²) >= 11 is 0. The topological polar surface area (TPSA) is 65.5 Å². The second kappa shape index (κ2) is 12.3. The average Bonchev–Trinajstić information content (AvgIpc) is 2.78. The molecular weight excluding hydrogens is 374 g/mol. The van der Waals surface area contributed by atoms with E-state index in [1.807, 2.05) is 30.5 Å². The molecule has 1 aliphatic rings. The van der Waals surface area contributed by atoms with Crippen LogP contribution in [0.3, 0.4) is 0 Å². The van der Waals surface area contributed by atoms with E-state index in [1.165, 1.54) is 50.9 Å². The monoisotopic (exact) mass is 409 g/mol. The van der Waals surface area contributed by atoms with Gasteiger partial charge in [0.2, 0.25) is 5.91 Å². The minimum atomic E-state index is 0.143. The van der Waals surface area contributed by atoms with Gasteiger partial charge in [0.15, 0.2) is 0 Å². The number of carbonyl (C=O) groups is 1. The number of benzene rings is 1. The molecule has 5 heteroatoms. The van der Waals surface area contributed by atoms with Crippen LogP contribution in [0, 0.1) is 5.92 Å². The van der Waals surface area contributed by atoms with Gasteiger partial charge in [-0.05, 0) is 99.8 Å². The molecule has 5 nitrogen and oxygen atoms in total. The number of nitrogens with one attached hydrogen (secondary N) is 1. The third kappa shape index (κ3) is 8.15. The number of aryl methyl sites for hydroxylation is 2. The van der Waals surface area contributed by atoms with E-state index in [0.717, 1.165) is 37.3 Å². The fourth-order valence-electron chi connectivity index (χ4n) is 4.13. The Morgan fingerprint density at radius 3 is 2.60 bits per heavy atom. The third-order valence-electron chi connectivity index (χ3n) is 6.07. The Morgan fingerprint density at radius 2 is 1.87 bits per heavy atom. The summed E-state index contributed by atoms with van der Waals surface area (Å²) < 4.78 is 0. The van der Waals surface area contributed by atoms with Gasteiger partial charge in [0, 0.05) is 25.4 Å². The lowest BCUT2D eigenvalue weighted by Gasteiger charge is -2.32. The Labute approximate surface area is 180 Å². The summed E-state index contributed by atoms with van der Waals surface area (Å²) in [6.07, 6.45) is 11.9. The number of rotatable bonds is 11. The lowest BCUT2D eigenvalue weighted by Crippen LogP contribution is -2.35. The summed E-state index contributed by atoms with van der Waals surface area (Å²) in [4.78, 5) is 18.7. The van der Waals surface area contributed by atoms with Crippen molar-refractivity contribution in [1.82, 2.24) is 15.2 Å². The van der Waals surface area contributed by atoms with Crippen molar-refractivity contribution in [1.29, 1.82) is 0 Å². The van der Waals surface area contributed by atoms with Crippen molar-refractivity contribution in [2.45, 2.75) is 51.4 Å². The summed E-state index contributed by atoms with van der Waals surface area (Å²) in [5.74, 6) is 1.22. The zero-order valence-electron chi connectivity index (χ0n) is 17.9. The number of unbranched alkanes of at least 4 members (excludes halogenated alkanes) is 1. The summed E-state index contributed by atoms with van der Waals surface area (Å²) in [5, 5.41) is 12.4. The van der Waals surface area contributed by atoms with Crippen molar-refractivity contribution in [3.05, 3.63) is 59.9 Å². The van der Waals surface area contributed by atoms with Gasteiger partial charge in [-0.1, -0.05) is 18.2 Å². The molecule has 162 valence electrons. The lowest BCUT2D eigenvalue weighted by molar-refractivity contribution is -0.121. The van der Waals surface area contributed by atoms with Gasteiger partial charge in [-0.15, -0.1) is 0 Å². The highest BCUT2D eigenvalue weighted by molar-refractivity contribution is 5.76. The van der Waals surface area contributed by atoms with Crippen LogP contribution in [-0.4, -0.2) is 47.1 Å². The molecule has 30 heavy (non-hydrogen) atoms. The number of hydrogen-bond acceptors (Lipinski definition) is 4. The highest BCUT2D eigenvalue weighted by atomic mass is 16.3. The Hall–Kier alpha value is -2.40. The largest absolute Gasteiger partial charge is 0.508 e. The molecule has 1 aromatic heterocycles. The van der Waals surface area contributed by atoms with Gasteiger partial charge in [-0.3, -0.25) is 9.78 Å². The molecule has 2 heterocycles. The van der Waals surface area contributed by atoms with E-state index in [9.17, 15) is 9.90 Å². The normalized spacial score (nSPS) is 15.2. The van der Waals surface area contributed by atoms with Crippen molar-refractivity contribution in [2.24, 2.45) is 5.92 Å². The number of nitrogens with zero attached hydrogens (tertiary/aromatic N) is 2. The molecule has 3 rings (SSSR count). The quantitative estimate of drug-likeness (QED) is 0.551. The van der Waals surface area contributed by atoms with E-state index in [2.05, 4.69) is 15.2 Å². The number of amides is 1. The Balaban J connectivity index is 1.20. The first-order valence-electron chi connectivity index (χ1n) is 11.3. The highest BCUT2D eigenvalue weighted by Gasteiger charge is 2.18. The van der Waals surface area contributed by atoms with Crippen LogP contribution in [-0.2, 0) is 17.6 Å². The van der Waals surface area contributed by atoms with Crippen LogP contribution in [0.5, 0.6) is 5.75 Å². The van der Waals surface area contributed by atoms with Gasteiger partial charge in [-0.2, -0.15) is 0 Å². The van der Waals surface area contributed by atoms with E-state index < -0.39 is 0 Å².